The minimum Gasteiger partial charge on any atom is -0.491 e. The molecule has 12 rings (SSSR count). The Hall–Kier alpha value is -12.0. The van der Waals surface area contributed by atoms with Gasteiger partial charge in [0.2, 0.25) is 0 Å². The minimum absolute atomic E-state index is 0.149. The summed E-state index contributed by atoms with van der Waals surface area (Å²) in [4.78, 5) is 0. The van der Waals surface area contributed by atoms with Gasteiger partial charge in [0.15, 0.2) is 50.8 Å². The highest BCUT2D eigenvalue weighted by Gasteiger charge is 2.19. The van der Waals surface area contributed by atoms with Crippen molar-refractivity contribution < 1.29 is 80.5 Å². The Kier molecular flexibility index (Phi) is 59.4. The molecule has 0 bridgehead atoms. The molecule has 0 aromatic heterocycles. The Balaban J connectivity index is 0.000000274. The first kappa shape index (κ1) is 114. The van der Waals surface area contributed by atoms with Crippen LogP contribution in [0.4, 0.5) is 0 Å². The van der Waals surface area contributed by atoms with Gasteiger partial charge in [-0.05, 0) is 245 Å². The Bertz CT molecular complexity index is 4710. The Morgan fingerprint density at radius 1 is 0.296 bits per heavy atom. The molecule has 0 N–H and O–H groups in total. The second kappa shape index (κ2) is 70.7. The van der Waals surface area contributed by atoms with Crippen LogP contribution in [0.15, 0.2) is 307 Å². The van der Waals surface area contributed by atoms with Crippen LogP contribution in [0.3, 0.4) is 0 Å². The number of benzene rings is 10. The van der Waals surface area contributed by atoms with E-state index in [1.54, 1.807) is 32.4 Å². The summed E-state index contributed by atoms with van der Waals surface area (Å²) in [6, 6.07) is 82.2. The van der Waals surface area contributed by atoms with E-state index in [0.29, 0.717) is 45.1 Å². The lowest BCUT2D eigenvalue weighted by molar-refractivity contribution is -0.116. The normalized spacial score (nSPS) is 13.5. The van der Waals surface area contributed by atoms with Crippen molar-refractivity contribution in [2.75, 3.05) is 60.7 Å². The van der Waals surface area contributed by atoms with Crippen molar-refractivity contribution >= 4 is 48.6 Å². The fraction of sp³-hybridized carbons (Fsp3) is 0.356. The molecule has 0 heterocycles. The first-order valence-corrected chi connectivity index (χ1v) is 47.2. The van der Waals surface area contributed by atoms with E-state index in [1.807, 2.05) is 328 Å². The summed E-state index contributed by atoms with van der Waals surface area (Å²) in [6.07, 6.45) is 29.4. The van der Waals surface area contributed by atoms with Crippen LogP contribution in [0.25, 0.3) is 48.6 Å². The SMILES string of the molecule is C=Cc1ccc(OC(C)OC)cc1.C=Cc1ccc(OC(C)OC2CCCCC2)cc1.C=Cc1ccc(OC(C)OCC(C)C)cc1.C=Cc1ccc(OC(C)OCCC2CCCCC2)cc1.C=Cc1ccc(OC(C)OCCOc2ccccc2)cc1.C=Cc1ccc(OC(C)OCCc2ccccc2)cc1.C=Cc1ccc(OC(CC)OCC)cc1.C=Cc1ccc(OCOC)cc1. The fourth-order valence-corrected chi connectivity index (χ4v) is 13.1. The summed E-state index contributed by atoms with van der Waals surface area (Å²) in [5, 5.41) is 0. The van der Waals surface area contributed by atoms with E-state index < -0.39 is 0 Å². The maximum Gasteiger partial charge on any atom is 0.199 e. The average Bonchev–Trinajstić information content (AvgIpc) is 0.919. The molecule has 0 radical (unpaired) electrons. The van der Waals surface area contributed by atoms with E-state index in [9.17, 15) is 0 Å². The van der Waals surface area contributed by atoms with E-state index in [0.717, 1.165) is 122 Å². The van der Waals surface area contributed by atoms with Crippen LogP contribution in [-0.4, -0.2) is 111 Å². The van der Waals surface area contributed by atoms with Gasteiger partial charge >= 0.3 is 0 Å². The largest absolute Gasteiger partial charge is 0.491 e. The standard InChI is InChI=1S/C18H20O3.C18H26O2.C18H20O2.C16H22O2.C14H20O2.C13H18O2.C11H14O2.C10H12O2/c1-3-16-9-11-18(12-10-16)21-15(2)19-13-14-20-17-7-5-4-6-8-17;2*1-3-16-9-11-18(12-10-16)20-15(2)19-14-13-17-7-5-4-6-8-17;1-3-14-9-11-16(12-10-14)18-13(2)17-15-7-5-4-6-8-15;1-5-13-6-8-14(9-7-13)16-12(4)15-10-11(2)3;1-4-11-7-9-12(10-8-11)15-13(5-2)14-6-3;1-4-10-5-7-11(8-6-10)13-9(2)12-3;1-3-9-4-6-10(7-5-9)12-8-11-2/h3-12,15H,1,13-14H2,2H3;3,9-12,15,17H,1,4-8,13-14H2,2H3;3-12,15H,1,13-14H2,2H3;3,9-13,15H,1,4-8H2,2H3;5-9,11-12H,1,10H2,2-4H3;4,7-10,13H,1,5-6H2,2-3H3;4-9H,1H2,2-3H3;3-7H,1,8H2,2H3. The smallest absolute Gasteiger partial charge is 0.199 e. The number of rotatable bonds is 47. The molecule has 726 valence electrons. The molecule has 10 aromatic rings. The lowest BCUT2D eigenvalue weighted by Gasteiger charge is -2.26. The van der Waals surface area contributed by atoms with Crippen LogP contribution >= 0.6 is 0 Å². The van der Waals surface area contributed by atoms with Crippen LogP contribution in [0, 0.1) is 11.8 Å². The minimum atomic E-state index is -0.320. The zero-order valence-corrected chi connectivity index (χ0v) is 82.4. The third-order valence-corrected chi connectivity index (χ3v) is 20.6. The van der Waals surface area contributed by atoms with Gasteiger partial charge < -0.3 is 80.5 Å². The summed E-state index contributed by atoms with van der Waals surface area (Å²) in [6.45, 7) is 53.4. The lowest BCUT2D eigenvalue weighted by atomic mass is 9.87. The molecule has 7 unspecified atom stereocenters. The molecular formula is C118H152O17. The van der Waals surface area contributed by atoms with Gasteiger partial charge in [0, 0.05) is 27.2 Å². The monoisotopic (exact) mass is 1840 g/mol. The van der Waals surface area contributed by atoms with E-state index >= 15 is 0 Å². The number of hydrogen-bond donors (Lipinski definition) is 0. The van der Waals surface area contributed by atoms with Crippen molar-refractivity contribution in [3.8, 4) is 51.7 Å². The van der Waals surface area contributed by atoms with Gasteiger partial charge in [-0.1, -0.05) is 319 Å². The van der Waals surface area contributed by atoms with E-state index in [4.69, 9.17) is 80.5 Å². The molecule has 2 aliphatic carbocycles. The molecule has 0 aliphatic heterocycles. The fourth-order valence-electron chi connectivity index (χ4n) is 13.1. The summed E-state index contributed by atoms with van der Waals surface area (Å²) >= 11 is 0. The Morgan fingerprint density at radius 2 is 0.607 bits per heavy atom. The Morgan fingerprint density at radius 3 is 0.948 bits per heavy atom. The van der Waals surface area contributed by atoms with Gasteiger partial charge in [0.1, 0.15) is 58.4 Å². The van der Waals surface area contributed by atoms with Gasteiger partial charge in [0.05, 0.1) is 32.5 Å². The molecule has 135 heavy (non-hydrogen) atoms. The first-order chi connectivity index (χ1) is 65.6. The topological polar surface area (TPSA) is 157 Å². The quantitative estimate of drug-likeness (QED) is 0.0262. The molecule has 7 atom stereocenters. The van der Waals surface area contributed by atoms with Crippen molar-refractivity contribution in [1.82, 2.24) is 0 Å². The molecule has 2 aliphatic rings. The maximum atomic E-state index is 5.91. The Labute approximate surface area is 809 Å². The van der Waals surface area contributed by atoms with Crippen molar-refractivity contribution in [2.24, 2.45) is 11.8 Å². The number of ether oxygens (including phenoxy) is 17. The average molecular weight is 1840 g/mol. The van der Waals surface area contributed by atoms with Crippen LogP contribution in [0.2, 0.25) is 0 Å². The molecule has 2 fully saturated rings. The van der Waals surface area contributed by atoms with Gasteiger partial charge in [-0.25, -0.2) is 0 Å². The first-order valence-electron chi connectivity index (χ1n) is 47.2. The number of para-hydroxylation sites is 1. The molecule has 10 aromatic carbocycles. The summed E-state index contributed by atoms with van der Waals surface area (Å²) < 4.78 is 93.8. The predicted octanol–water partition coefficient (Wildman–Crippen LogP) is 30.1. The van der Waals surface area contributed by atoms with E-state index in [-0.39, 0.29) is 50.8 Å². The molecule has 0 amide bonds. The van der Waals surface area contributed by atoms with Crippen LogP contribution in [0.1, 0.15) is 196 Å². The van der Waals surface area contributed by atoms with Crippen molar-refractivity contribution in [1.29, 1.82) is 0 Å². The highest BCUT2D eigenvalue weighted by atomic mass is 16.7. The van der Waals surface area contributed by atoms with Crippen LogP contribution in [0.5, 0.6) is 51.7 Å². The van der Waals surface area contributed by atoms with Gasteiger partial charge in [-0.15, -0.1) is 0 Å². The maximum absolute atomic E-state index is 5.91. The van der Waals surface area contributed by atoms with Gasteiger partial charge in [-0.3, -0.25) is 0 Å². The second-order valence-electron chi connectivity index (χ2n) is 31.9. The van der Waals surface area contributed by atoms with Crippen LogP contribution in [-0.2, 0) is 44.3 Å². The van der Waals surface area contributed by atoms with Crippen molar-refractivity contribution in [3.63, 3.8) is 0 Å². The lowest BCUT2D eigenvalue weighted by Crippen LogP contribution is -2.26. The summed E-state index contributed by atoms with van der Waals surface area (Å²) in [5.41, 5.74) is 9.95. The number of hydrogen-bond acceptors (Lipinski definition) is 17. The molecule has 17 nitrogen and oxygen atoms in total. The molecular weight excluding hydrogens is 1690 g/mol. The molecule has 2 saturated carbocycles. The highest BCUT2D eigenvalue weighted by molar-refractivity contribution is 5.53. The summed E-state index contributed by atoms with van der Waals surface area (Å²) in [7, 11) is 3.21. The summed E-state index contributed by atoms with van der Waals surface area (Å²) in [5.74, 6) is 8.78. The zero-order chi connectivity index (χ0) is 97.7. The van der Waals surface area contributed by atoms with E-state index in [1.165, 1.54) is 76.2 Å². The molecule has 0 spiro atoms. The van der Waals surface area contributed by atoms with Gasteiger partial charge in [-0.2, -0.15) is 0 Å². The third kappa shape index (κ3) is 52.5. The second-order valence-corrected chi connectivity index (χ2v) is 31.9. The zero-order valence-electron chi connectivity index (χ0n) is 82.4. The molecule has 17 heteroatoms. The highest BCUT2D eigenvalue weighted by Crippen LogP contribution is 2.29. The number of methoxy groups -OCH3 is 2. The van der Waals surface area contributed by atoms with E-state index in [2.05, 4.69) is 78.6 Å². The van der Waals surface area contributed by atoms with Crippen LogP contribution < -0.4 is 42.6 Å². The van der Waals surface area contributed by atoms with Gasteiger partial charge in [0.25, 0.3) is 0 Å². The molecule has 0 saturated heterocycles. The van der Waals surface area contributed by atoms with Crippen molar-refractivity contribution in [2.45, 2.75) is 203 Å². The predicted molar refractivity (Wildman–Crippen MR) is 559 cm³/mol. The third-order valence-electron chi connectivity index (χ3n) is 20.6. The van der Waals surface area contributed by atoms with Crippen molar-refractivity contribution in [3.05, 3.63) is 357 Å².